The Morgan fingerprint density at radius 3 is 2.14 bits per heavy atom. The Kier molecular flexibility index (Phi) is 6.56. The molecule has 6 nitrogen and oxygen atoms in total. The summed E-state index contributed by atoms with van der Waals surface area (Å²) in [6, 6.07) is 16.5. The number of alkyl halides is 3. The third kappa shape index (κ3) is 5.01. The minimum Gasteiger partial charge on any atom is -0.350 e. The topological polar surface area (TPSA) is 78.5 Å². The number of rotatable bonds is 5. The van der Waals surface area contributed by atoms with Gasteiger partial charge in [-0.15, -0.1) is 0 Å². The number of nitrogens with zero attached hydrogens (tertiary/aromatic N) is 1. The van der Waals surface area contributed by atoms with Crippen LogP contribution in [0.3, 0.4) is 0 Å². The standard InChI is InChI=1S/C24H14Cl2F3N3O3/c25-17-11-8-14(24(27,28)29)12-18(17)31-21(33)13-6-9-15(10-7-13)30-20-19(26)22(34)32(23(20)35)16-4-2-1-3-5-16/h1-12,30H,(H,31,33). The molecule has 0 saturated carbocycles. The molecule has 178 valence electrons. The van der Waals surface area contributed by atoms with Gasteiger partial charge in [0.15, 0.2) is 0 Å². The minimum absolute atomic E-state index is 0.0569. The lowest BCUT2D eigenvalue weighted by atomic mass is 10.1. The van der Waals surface area contributed by atoms with Crippen molar-refractivity contribution in [2.75, 3.05) is 15.5 Å². The number of anilines is 3. The quantitative estimate of drug-likeness (QED) is 0.402. The molecule has 3 amide bonds. The molecule has 0 bridgehead atoms. The van der Waals surface area contributed by atoms with Crippen LogP contribution in [0, 0.1) is 0 Å². The van der Waals surface area contributed by atoms with E-state index in [1.165, 1.54) is 24.3 Å². The molecule has 35 heavy (non-hydrogen) atoms. The van der Waals surface area contributed by atoms with Crippen molar-refractivity contribution >= 4 is 58.0 Å². The molecule has 1 heterocycles. The van der Waals surface area contributed by atoms with Gasteiger partial charge in [0.1, 0.15) is 10.7 Å². The van der Waals surface area contributed by atoms with Crippen LogP contribution < -0.4 is 15.5 Å². The predicted octanol–water partition coefficient (Wildman–Crippen LogP) is 6.05. The highest BCUT2D eigenvalue weighted by Crippen LogP contribution is 2.34. The van der Waals surface area contributed by atoms with Crippen molar-refractivity contribution < 1.29 is 27.6 Å². The van der Waals surface area contributed by atoms with Crippen molar-refractivity contribution in [2.45, 2.75) is 6.18 Å². The van der Waals surface area contributed by atoms with Gasteiger partial charge in [0.25, 0.3) is 17.7 Å². The summed E-state index contributed by atoms with van der Waals surface area (Å²) >= 11 is 12.0. The molecule has 0 atom stereocenters. The van der Waals surface area contributed by atoms with Gasteiger partial charge in [-0.05, 0) is 54.6 Å². The molecular formula is C24H14Cl2F3N3O3. The molecule has 0 aromatic heterocycles. The number of amides is 3. The largest absolute Gasteiger partial charge is 0.416 e. The first-order valence-corrected chi connectivity index (χ1v) is 10.7. The zero-order valence-electron chi connectivity index (χ0n) is 17.5. The fourth-order valence-corrected chi connectivity index (χ4v) is 3.64. The summed E-state index contributed by atoms with van der Waals surface area (Å²) in [7, 11) is 0. The van der Waals surface area contributed by atoms with Gasteiger partial charge in [0.2, 0.25) is 0 Å². The monoisotopic (exact) mass is 519 g/mol. The molecule has 0 radical (unpaired) electrons. The number of carbonyl (C=O) groups excluding carboxylic acids is 3. The summed E-state index contributed by atoms with van der Waals surface area (Å²) in [5.41, 5.74) is -0.457. The molecule has 0 saturated heterocycles. The molecule has 4 rings (SSSR count). The third-order valence-electron chi connectivity index (χ3n) is 5.00. The summed E-state index contributed by atoms with van der Waals surface area (Å²) in [4.78, 5) is 38.7. The van der Waals surface area contributed by atoms with Gasteiger partial charge in [-0.25, -0.2) is 4.90 Å². The van der Waals surface area contributed by atoms with Crippen LogP contribution in [-0.4, -0.2) is 17.7 Å². The predicted molar refractivity (Wildman–Crippen MR) is 126 cm³/mol. The van der Waals surface area contributed by atoms with Crippen molar-refractivity contribution in [3.8, 4) is 0 Å². The van der Waals surface area contributed by atoms with Crippen LogP contribution in [0.1, 0.15) is 15.9 Å². The first kappa shape index (κ1) is 24.3. The molecule has 1 aliphatic rings. The average molecular weight is 520 g/mol. The van der Waals surface area contributed by atoms with Crippen LogP contribution in [0.4, 0.5) is 30.2 Å². The maximum absolute atomic E-state index is 12.9. The lowest BCUT2D eigenvalue weighted by molar-refractivity contribution is -0.137. The van der Waals surface area contributed by atoms with Gasteiger partial charge in [0, 0.05) is 11.3 Å². The number of carbonyl (C=O) groups is 3. The van der Waals surface area contributed by atoms with Crippen molar-refractivity contribution in [3.05, 3.63) is 99.7 Å². The molecule has 3 aromatic rings. The number of hydrogen-bond acceptors (Lipinski definition) is 4. The summed E-state index contributed by atoms with van der Waals surface area (Å²) < 4.78 is 38.8. The highest BCUT2D eigenvalue weighted by Gasteiger charge is 2.38. The van der Waals surface area contributed by atoms with E-state index >= 15 is 0 Å². The van der Waals surface area contributed by atoms with Gasteiger partial charge >= 0.3 is 6.18 Å². The molecule has 0 unspecified atom stereocenters. The summed E-state index contributed by atoms with van der Waals surface area (Å²) in [6.07, 6.45) is -4.59. The van der Waals surface area contributed by atoms with Crippen molar-refractivity contribution in [1.29, 1.82) is 0 Å². The lowest BCUT2D eigenvalue weighted by Crippen LogP contribution is -2.32. The molecule has 0 fully saturated rings. The number of halogens is 5. The Morgan fingerprint density at radius 2 is 1.51 bits per heavy atom. The lowest BCUT2D eigenvalue weighted by Gasteiger charge is -2.15. The highest BCUT2D eigenvalue weighted by atomic mass is 35.5. The summed E-state index contributed by atoms with van der Waals surface area (Å²) in [6.45, 7) is 0. The maximum Gasteiger partial charge on any atom is 0.416 e. The zero-order valence-corrected chi connectivity index (χ0v) is 19.0. The van der Waals surface area contributed by atoms with Crippen LogP contribution in [0.5, 0.6) is 0 Å². The molecule has 0 spiro atoms. The smallest absolute Gasteiger partial charge is 0.350 e. The second-order valence-electron chi connectivity index (χ2n) is 7.32. The van der Waals surface area contributed by atoms with E-state index in [4.69, 9.17) is 23.2 Å². The fourth-order valence-electron chi connectivity index (χ4n) is 3.26. The minimum atomic E-state index is -4.59. The number of para-hydroxylation sites is 1. The van der Waals surface area contributed by atoms with Crippen LogP contribution in [0.15, 0.2) is 83.5 Å². The van der Waals surface area contributed by atoms with Crippen molar-refractivity contribution in [2.24, 2.45) is 0 Å². The summed E-state index contributed by atoms with van der Waals surface area (Å²) in [5.74, 6) is -2.02. The van der Waals surface area contributed by atoms with E-state index in [1.54, 1.807) is 30.3 Å². The number of benzene rings is 3. The van der Waals surface area contributed by atoms with E-state index in [1.807, 2.05) is 0 Å². The van der Waals surface area contributed by atoms with Crippen LogP contribution in [0.25, 0.3) is 0 Å². The molecule has 0 aliphatic carbocycles. The average Bonchev–Trinajstić information content (AvgIpc) is 3.03. The van der Waals surface area contributed by atoms with E-state index in [-0.39, 0.29) is 27.0 Å². The molecule has 1 aliphatic heterocycles. The SMILES string of the molecule is O=C(Nc1cc(C(F)(F)F)ccc1Cl)c1ccc(NC2=C(Cl)C(=O)N(c3ccccc3)C2=O)cc1. The Balaban J connectivity index is 1.48. The Hall–Kier alpha value is -3.82. The van der Waals surface area contributed by atoms with Crippen LogP contribution in [-0.2, 0) is 15.8 Å². The normalized spacial score (nSPS) is 13.9. The van der Waals surface area contributed by atoms with Crippen LogP contribution >= 0.6 is 23.2 Å². The van der Waals surface area contributed by atoms with E-state index in [9.17, 15) is 27.6 Å². The highest BCUT2D eigenvalue weighted by molar-refractivity contribution is 6.53. The van der Waals surface area contributed by atoms with Gasteiger partial charge in [-0.3, -0.25) is 14.4 Å². The first-order valence-electron chi connectivity index (χ1n) is 9.95. The molecule has 2 N–H and O–H groups in total. The Morgan fingerprint density at radius 1 is 0.857 bits per heavy atom. The maximum atomic E-state index is 12.9. The van der Waals surface area contributed by atoms with Gasteiger partial charge < -0.3 is 10.6 Å². The Labute approximate surface area is 206 Å². The van der Waals surface area contributed by atoms with E-state index < -0.39 is 29.5 Å². The summed E-state index contributed by atoms with van der Waals surface area (Å²) in [5, 5.41) is 4.78. The second-order valence-corrected chi connectivity index (χ2v) is 8.10. The van der Waals surface area contributed by atoms with Gasteiger partial charge in [-0.1, -0.05) is 41.4 Å². The number of imide groups is 1. The van der Waals surface area contributed by atoms with E-state index in [0.717, 1.165) is 23.1 Å². The first-order chi connectivity index (χ1) is 16.6. The van der Waals surface area contributed by atoms with E-state index in [0.29, 0.717) is 11.4 Å². The third-order valence-corrected chi connectivity index (χ3v) is 5.68. The van der Waals surface area contributed by atoms with Gasteiger partial charge in [0.05, 0.1) is 22.0 Å². The van der Waals surface area contributed by atoms with Crippen LogP contribution in [0.2, 0.25) is 5.02 Å². The zero-order chi connectivity index (χ0) is 25.3. The number of hydrogen-bond donors (Lipinski definition) is 2. The molecular weight excluding hydrogens is 506 g/mol. The fraction of sp³-hybridized carbons (Fsp3) is 0.0417. The molecule has 11 heteroatoms. The second kappa shape index (κ2) is 9.44. The number of nitrogens with one attached hydrogen (secondary N) is 2. The van der Waals surface area contributed by atoms with Crippen molar-refractivity contribution in [3.63, 3.8) is 0 Å². The van der Waals surface area contributed by atoms with Crippen molar-refractivity contribution in [1.82, 2.24) is 0 Å². The Bertz CT molecular complexity index is 1360. The van der Waals surface area contributed by atoms with Gasteiger partial charge in [-0.2, -0.15) is 13.2 Å². The van der Waals surface area contributed by atoms with E-state index in [2.05, 4.69) is 10.6 Å². The molecule has 3 aromatic carbocycles.